The van der Waals surface area contributed by atoms with Crippen molar-refractivity contribution in [3.05, 3.63) is 72.4 Å². The van der Waals surface area contributed by atoms with Crippen LogP contribution in [0.3, 0.4) is 0 Å². The van der Waals surface area contributed by atoms with Crippen LogP contribution in [0.4, 0.5) is 11.4 Å². The van der Waals surface area contributed by atoms with E-state index >= 15 is 0 Å². The van der Waals surface area contributed by atoms with Gasteiger partial charge >= 0.3 is 0 Å². The topological polar surface area (TPSA) is 15.7 Å². The Morgan fingerprint density at radius 2 is 1.40 bits per heavy atom. The third kappa shape index (κ3) is 2.40. The predicted molar refractivity (Wildman–Crippen MR) is 82.1 cm³/mol. The number of rotatable bonds is 2. The molecule has 0 N–H and O–H groups in total. The fraction of sp³-hybridized carbons (Fsp3) is 0.176. The molecular formula is C17H18N2O. The summed E-state index contributed by atoms with van der Waals surface area (Å²) in [7, 11) is 0. The Hall–Kier alpha value is -2.26. The van der Waals surface area contributed by atoms with Crippen LogP contribution in [-0.2, 0) is 4.94 Å². The van der Waals surface area contributed by atoms with E-state index in [-0.39, 0.29) is 6.04 Å². The summed E-state index contributed by atoms with van der Waals surface area (Å²) in [5.41, 5.74) is 3.16. The molecule has 20 heavy (non-hydrogen) atoms. The second kappa shape index (κ2) is 5.39. The van der Waals surface area contributed by atoms with Crippen LogP contribution in [-0.4, -0.2) is 6.04 Å². The maximum Gasteiger partial charge on any atom is 0.0763 e. The molecule has 0 aromatic heterocycles. The molecule has 0 radical (unpaired) electrons. The molecule has 1 unspecified atom stereocenters. The maximum absolute atomic E-state index is 6.08. The van der Waals surface area contributed by atoms with Crippen LogP contribution < -0.4 is 10.1 Å². The normalized spacial score (nSPS) is 18.9. The quantitative estimate of drug-likeness (QED) is 0.812. The van der Waals surface area contributed by atoms with Gasteiger partial charge < -0.3 is 0 Å². The van der Waals surface area contributed by atoms with Gasteiger partial charge in [-0.15, -0.1) is 4.94 Å². The van der Waals surface area contributed by atoms with Crippen molar-refractivity contribution in [1.82, 2.24) is 0 Å². The lowest BCUT2D eigenvalue weighted by Crippen LogP contribution is -2.43. The molecule has 2 aromatic carbocycles. The van der Waals surface area contributed by atoms with Gasteiger partial charge in [-0.2, -0.15) is 0 Å². The van der Waals surface area contributed by atoms with E-state index in [0.29, 0.717) is 0 Å². The SMILES string of the molecule is CC1=CC(C)N(c2ccccc2)ON1c1ccccc1. The van der Waals surface area contributed by atoms with Gasteiger partial charge in [0.05, 0.1) is 17.4 Å². The van der Waals surface area contributed by atoms with Gasteiger partial charge in [0.25, 0.3) is 0 Å². The summed E-state index contributed by atoms with van der Waals surface area (Å²) < 4.78 is 0. The first-order valence-electron chi connectivity index (χ1n) is 6.81. The smallest absolute Gasteiger partial charge is 0.0763 e. The summed E-state index contributed by atoms with van der Waals surface area (Å²) >= 11 is 0. The van der Waals surface area contributed by atoms with E-state index in [1.54, 1.807) is 0 Å². The second-order valence-electron chi connectivity index (χ2n) is 4.92. The van der Waals surface area contributed by atoms with E-state index < -0.39 is 0 Å². The highest BCUT2D eigenvalue weighted by molar-refractivity contribution is 5.53. The average molecular weight is 266 g/mol. The second-order valence-corrected chi connectivity index (χ2v) is 4.92. The summed E-state index contributed by atoms with van der Waals surface area (Å²) in [6.45, 7) is 4.19. The van der Waals surface area contributed by atoms with Crippen LogP contribution in [0.2, 0.25) is 0 Å². The van der Waals surface area contributed by atoms with Crippen molar-refractivity contribution >= 4 is 11.4 Å². The van der Waals surface area contributed by atoms with E-state index in [1.165, 1.54) is 0 Å². The molecule has 3 rings (SSSR count). The Morgan fingerprint density at radius 1 is 0.850 bits per heavy atom. The van der Waals surface area contributed by atoms with Crippen LogP contribution in [0.15, 0.2) is 72.4 Å². The highest BCUT2D eigenvalue weighted by Crippen LogP contribution is 2.29. The molecule has 0 fully saturated rings. The number of para-hydroxylation sites is 2. The minimum atomic E-state index is 0.192. The molecule has 1 heterocycles. The van der Waals surface area contributed by atoms with Crippen molar-refractivity contribution in [2.75, 3.05) is 10.1 Å². The Morgan fingerprint density at radius 3 is 2.00 bits per heavy atom. The zero-order valence-corrected chi connectivity index (χ0v) is 11.7. The van der Waals surface area contributed by atoms with E-state index in [9.17, 15) is 0 Å². The standard InChI is InChI=1S/C17H18N2O/c1-14-13-15(2)19(17-11-7-4-8-12-17)20-18(14)16-9-5-3-6-10-16/h3-14H,1-2H3. The Labute approximate surface area is 119 Å². The van der Waals surface area contributed by atoms with Gasteiger partial charge in [-0.05, 0) is 44.2 Å². The molecule has 0 amide bonds. The van der Waals surface area contributed by atoms with E-state index in [1.807, 2.05) is 70.8 Å². The molecule has 0 spiro atoms. The highest BCUT2D eigenvalue weighted by Gasteiger charge is 2.25. The third-order valence-electron chi connectivity index (χ3n) is 3.34. The van der Waals surface area contributed by atoms with Gasteiger partial charge in [0.2, 0.25) is 0 Å². The summed E-state index contributed by atoms with van der Waals surface area (Å²) in [5.74, 6) is 0. The van der Waals surface area contributed by atoms with Crippen molar-refractivity contribution in [2.24, 2.45) is 0 Å². The minimum absolute atomic E-state index is 0.192. The lowest BCUT2D eigenvalue weighted by Gasteiger charge is -2.38. The Balaban J connectivity index is 1.93. The molecular weight excluding hydrogens is 248 g/mol. The van der Waals surface area contributed by atoms with Crippen molar-refractivity contribution < 1.29 is 4.94 Å². The van der Waals surface area contributed by atoms with Crippen LogP contribution in [0.5, 0.6) is 0 Å². The van der Waals surface area contributed by atoms with Gasteiger partial charge in [-0.1, -0.05) is 36.4 Å². The number of benzene rings is 2. The van der Waals surface area contributed by atoms with Crippen LogP contribution in [0, 0.1) is 0 Å². The van der Waals surface area contributed by atoms with Crippen molar-refractivity contribution in [1.29, 1.82) is 0 Å². The molecule has 3 heteroatoms. The van der Waals surface area contributed by atoms with Crippen LogP contribution >= 0.6 is 0 Å². The van der Waals surface area contributed by atoms with Gasteiger partial charge in [0.1, 0.15) is 0 Å². The lowest BCUT2D eigenvalue weighted by atomic mass is 10.2. The molecule has 1 aliphatic rings. The zero-order chi connectivity index (χ0) is 13.9. The van der Waals surface area contributed by atoms with Crippen LogP contribution in [0.25, 0.3) is 0 Å². The predicted octanol–water partition coefficient (Wildman–Crippen LogP) is 4.15. The molecule has 1 aliphatic heterocycles. The first kappa shape index (κ1) is 12.8. The number of nitrogens with zero attached hydrogens (tertiary/aromatic N) is 2. The minimum Gasteiger partial charge on any atom is -0.222 e. The van der Waals surface area contributed by atoms with Crippen molar-refractivity contribution in [2.45, 2.75) is 19.9 Å². The summed E-state index contributed by atoms with van der Waals surface area (Å²) in [5, 5.41) is 3.77. The lowest BCUT2D eigenvalue weighted by molar-refractivity contribution is 0.0786. The van der Waals surface area contributed by atoms with Crippen molar-refractivity contribution in [3.63, 3.8) is 0 Å². The maximum atomic E-state index is 6.08. The molecule has 2 aromatic rings. The largest absolute Gasteiger partial charge is 0.222 e. The Bertz CT molecular complexity index is 595. The summed E-state index contributed by atoms with van der Waals surface area (Å²) in [4.78, 5) is 6.08. The van der Waals surface area contributed by atoms with Gasteiger partial charge in [0.15, 0.2) is 0 Å². The number of anilines is 2. The van der Waals surface area contributed by atoms with Gasteiger partial charge in [0, 0.05) is 5.70 Å². The molecule has 0 saturated carbocycles. The van der Waals surface area contributed by atoms with Gasteiger partial charge in [-0.3, -0.25) is 0 Å². The fourth-order valence-electron chi connectivity index (χ4n) is 2.38. The van der Waals surface area contributed by atoms with Crippen LogP contribution in [0.1, 0.15) is 13.8 Å². The fourth-order valence-corrected chi connectivity index (χ4v) is 2.38. The molecule has 1 atom stereocenters. The molecule has 0 aliphatic carbocycles. The average Bonchev–Trinajstić information content (AvgIpc) is 2.49. The van der Waals surface area contributed by atoms with E-state index in [4.69, 9.17) is 4.94 Å². The number of hydrogen-bond donors (Lipinski definition) is 0. The molecule has 0 saturated heterocycles. The van der Waals surface area contributed by atoms with Gasteiger partial charge in [-0.25, -0.2) is 10.1 Å². The molecule has 0 bridgehead atoms. The third-order valence-corrected chi connectivity index (χ3v) is 3.34. The highest BCUT2D eigenvalue weighted by atomic mass is 16.8. The summed E-state index contributed by atoms with van der Waals surface area (Å²) in [6.07, 6.45) is 2.20. The Kier molecular flexibility index (Phi) is 3.44. The van der Waals surface area contributed by atoms with Crippen molar-refractivity contribution in [3.8, 4) is 0 Å². The number of hydrogen-bond acceptors (Lipinski definition) is 3. The van der Waals surface area contributed by atoms with E-state index in [2.05, 4.69) is 19.9 Å². The first-order chi connectivity index (χ1) is 9.75. The zero-order valence-electron chi connectivity index (χ0n) is 11.7. The molecule has 102 valence electrons. The monoisotopic (exact) mass is 266 g/mol. The number of allylic oxidation sites excluding steroid dienone is 1. The molecule has 3 nitrogen and oxygen atoms in total. The first-order valence-corrected chi connectivity index (χ1v) is 6.81. The van der Waals surface area contributed by atoms with E-state index in [0.717, 1.165) is 17.1 Å². The number of hydroxylamine groups is 2. The summed E-state index contributed by atoms with van der Waals surface area (Å²) in [6, 6.07) is 20.4.